The lowest BCUT2D eigenvalue weighted by Crippen LogP contribution is -2.50. The molecule has 120 valence electrons. The maximum atomic E-state index is 11.5. The van der Waals surface area contributed by atoms with Crippen LogP contribution in [0.25, 0.3) is 22.2 Å². The number of rotatable bonds is 4. The molecule has 4 rings (SSSR count). The molecule has 5 nitrogen and oxygen atoms in total. The summed E-state index contributed by atoms with van der Waals surface area (Å²) < 4.78 is 0. The predicted octanol–water partition coefficient (Wildman–Crippen LogP) is 2.81. The molecular weight excluding hydrogens is 300 g/mol. The number of hydrogen-bond donors (Lipinski definition) is 1. The molecule has 0 radical (unpaired) electrons. The number of nitrogens with zero attached hydrogens (tertiary/aromatic N) is 3. The number of H-pyrrole nitrogens is 1. The summed E-state index contributed by atoms with van der Waals surface area (Å²) in [5.41, 5.74) is 4.36. The molecule has 1 aliphatic rings. The van der Waals surface area contributed by atoms with Gasteiger partial charge in [-0.15, -0.1) is 0 Å². The monoisotopic (exact) mass is 318 g/mol. The molecule has 24 heavy (non-hydrogen) atoms. The first-order chi connectivity index (χ1) is 11.7. The average Bonchev–Trinajstić information content (AvgIpc) is 3.01. The summed E-state index contributed by atoms with van der Waals surface area (Å²) in [7, 11) is 0. The van der Waals surface area contributed by atoms with Crippen LogP contribution in [0.5, 0.6) is 0 Å². The van der Waals surface area contributed by atoms with E-state index in [1.54, 1.807) is 12.4 Å². The number of aromatic nitrogens is 3. The molecule has 1 saturated heterocycles. The summed E-state index contributed by atoms with van der Waals surface area (Å²) in [5.74, 6) is 0.516. The third-order valence-electron chi connectivity index (χ3n) is 4.55. The minimum atomic E-state index is 0.0189. The van der Waals surface area contributed by atoms with Gasteiger partial charge in [0.15, 0.2) is 0 Å². The molecular formula is C19H18N4O. The van der Waals surface area contributed by atoms with Crippen molar-refractivity contribution in [3.05, 3.63) is 61.2 Å². The Balaban J connectivity index is 1.55. The van der Waals surface area contributed by atoms with Gasteiger partial charge in [0.1, 0.15) is 5.65 Å². The zero-order chi connectivity index (χ0) is 16.5. The van der Waals surface area contributed by atoms with Crippen molar-refractivity contribution in [3.8, 4) is 11.1 Å². The second kappa shape index (κ2) is 5.92. The van der Waals surface area contributed by atoms with Gasteiger partial charge in [-0.2, -0.15) is 0 Å². The van der Waals surface area contributed by atoms with E-state index in [0.717, 1.165) is 41.7 Å². The number of likely N-dealkylation sites (tertiary alicyclic amines) is 1. The van der Waals surface area contributed by atoms with Gasteiger partial charge in [0.25, 0.3) is 0 Å². The van der Waals surface area contributed by atoms with Gasteiger partial charge in [0.2, 0.25) is 5.91 Å². The van der Waals surface area contributed by atoms with E-state index in [2.05, 4.69) is 27.6 Å². The number of hydrogen-bond acceptors (Lipinski definition) is 3. The Kier molecular flexibility index (Phi) is 3.61. The van der Waals surface area contributed by atoms with Crippen molar-refractivity contribution in [1.29, 1.82) is 0 Å². The number of pyridine rings is 2. The topological polar surface area (TPSA) is 61.9 Å². The van der Waals surface area contributed by atoms with Gasteiger partial charge in [0.05, 0.1) is 0 Å². The summed E-state index contributed by atoms with van der Waals surface area (Å²) in [6.45, 7) is 5.13. The fourth-order valence-electron chi connectivity index (χ4n) is 3.27. The van der Waals surface area contributed by atoms with E-state index in [4.69, 9.17) is 0 Å². The quantitative estimate of drug-likeness (QED) is 0.752. The molecule has 0 unspecified atom stereocenters. The molecule has 1 N–H and O–H groups in total. The lowest BCUT2D eigenvalue weighted by molar-refractivity contribution is -0.132. The summed E-state index contributed by atoms with van der Waals surface area (Å²) in [5, 5.41) is 1.12. The first-order valence-electron chi connectivity index (χ1n) is 8.02. The summed E-state index contributed by atoms with van der Waals surface area (Å²) >= 11 is 0. The molecule has 0 bridgehead atoms. The van der Waals surface area contributed by atoms with Crippen LogP contribution in [0.3, 0.4) is 0 Å². The zero-order valence-corrected chi connectivity index (χ0v) is 13.3. The molecule has 1 fully saturated rings. The zero-order valence-electron chi connectivity index (χ0n) is 13.3. The average molecular weight is 318 g/mol. The molecule has 0 saturated carbocycles. The molecule has 3 aromatic heterocycles. The van der Waals surface area contributed by atoms with Crippen LogP contribution in [0, 0.1) is 5.92 Å². The maximum Gasteiger partial charge on any atom is 0.245 e. The van der Waals surface area contributed by atoms with E-state index in [-0.39, 0.29) is 5.91 Å². The van der Waals surface area contributed by atoms with Crippen LogP contribution in [-0.2, 0) is 11.2 Å². The second-order valence-electron chi connectivity index (χ2n) is 6.20. The maximum absolute atomic E-state index is 11.5. The van der Waals surface area contributed by atoms with Crippen LogP contribution in [0.2, 0.25) is 0 Å². The van der Waals surface area contributed by atoms with Crippen molar-refractivity contribution < 1.29 is 4.79 Å². The number of nitrogens with one attached hydrogen (secondary N) is 1. The number of aromatic amines is 1. The Morgan fingerprint density at radius 3 is 2.92 bits per heavy atom. The summed E-state index contributed by atoms with van der Waals surface area (Å²) in [6, 6.07) is 6.20. The Morgan fingerprint density at radius 2 is 2.17 bits per heavy atom. The lowest BCUT2D eigenvalue weighted by Gasteiger charge is -2.38. The number of amides is 1. The number of carbonyl (C=O) groups is 1. The molecule has 0 spiro atoms. The van der Waals surface area contributed by atoms with E-state index in [1.165, 1.54) is 11.6 Å². The smallest absolute Gasteiger partial charge is 0.245 e. The number of carbonyl (C=O) groups excluding carboxylic acids is 1. The molecule has 0 aromatic carbocycles. The minimum Gasteiger partial charge on any atom is -0.346 e. The van der Waals surface area contributed by atoms with Crippen LogP contribution >= 0.6 is 0 Å². The van der Waals surface area contributed by atoms with Gasteiger partial charge < -0.3 is 9.88 Å². The standard InChI is InChI=1S/C19H18N4O/c1-2-18(24)23-11-14(12-23)7-13-8-16-17(10-22-19(16)21-9-13)15-3-5-20-6-4-15/h2-6,8-10,14H,1,7,11-12H2,(H,21,22). The predicted molar refractivity (Wildman–Crippen MR) is 93.3 cm³/mol. The minimum absolute atomic E-state index is 0.0189. The first-order valence-corrected chi connectivity index (χ1v) is 8.02. The highest BCUT2D eigenvalue weighted by atomic mass is 16.2. The largest absolute Gasteiger partial charge is 0.346 e. The van der Waals surface area contributed by atoms with E-state index < -0.39 is 0 Å². The van der Waals surface area contributed by atoms with Gasteiger partial charge in [-0.25, -0.2) is 4.98 Å². The highest BCUT2D eigenvalue weighted by molar-refractivity contribution is 5.93. The van der Waals surface area contributed by atoms with Gasteiger partial charge in [0, 0.05) is 48.8 Å². The molecule has 1 aliphatic heterocycles. The van der Waals surface area contributed by atoms with E-state index >= 15 is 0 Å². The van der Waals surface area contributed by atoms with Crippen molar-refractivity contribution in [3.63, 3.8) is 0 Å². The van der Waals surface area contributed by atoms with Crippen LogP contribution in [0.4, 0.5) is 0 Å². The Morgan fingerprint density at radius 1 is 1.38 bits per heavy atom. The van der Waals surface area contributed by atoms with E-state index in [1.807, 2.05) is 29.4 Å². The Labute approximate surface area is 140 Å². The molecule has 3 aromatic rings. The fourth-order valence-corrected chi connectivity index (χ4v) is 3.27. The third kappa shape index (κ3) is 2.58. The first kappa shape index (κ1) is 14.6. The van der Waals surface area contributed by atoms with E-state index in [9.17, 15) is 4.79 Å². The van der Waals surface area contributed by atoms with Gasteiger partial charge >= 0.3 is 0 Å². The lowest BCUT2D eigenvalue weighted by atomic mass is 9.92. The van der Waals surface area contributed by atoms with Crippen molar-refractivity contribution in [2.24, 2.45) is 5.92 Å². The second-order valence-corrected chi connectivity index (χ2v) is 6.20. The normalized spacial score (nSPS) is 14.6. The third-order valence-corrected chi connectivity index (χ3v) is 4.55. The Hall–Kier alpha value is -2.95. The summed E-state index contributed by atoms with van der Waals surface area (Å²) in [4.78, 5) is 25.2. The van der Waals surface area contributed by atoms with Crippen molar-refractivity contribution >= 4 is 16.9 Å². The fraction of sp³-hybridized carbons (Fsp3) is 0.211. The van der Waals surface area contributed by atoms with Crippen molar-refractivity contribution in [2.75, 3.05) is 13.1 Å². The van der Waals surface area contributed by atoms with Crippen LogP contribution in [-0.4, -0.2) is 38.8 Å². The van der Waals surface area contributed by atoms with Crippen molar-refractivity contribution in [2.45, 2.75) is 6.42 Å². The molecule has 5 heteroatoms. The Bertz CT molecular complexity index is 894. The van der Waals surface area contributed by atoms with Crippen LogP contribution in [0.15, 0.2) is 55.6 Å². The number of fused-ring (bicyclic) bond motifs is 1. The van der Waals surface area contributed by atoms with Gasteiger partial charge in [-0.1, -0.05) is 6.58 Å². The van der Waals surface area contributed by atoms with E-state index in [0.29, 0.717) is 5.92 Å². The van der Waals surface area contributed by atoms with Gasteiger partial charge in [-0.05, 0) is 47.7 Å². The van der Waals surface area contributed by atoms with Crippen LogP contribution < -0.4 is 0 Å². The van der Waals surface area contributed by atoms with Crippen LogP contribution in [0.1, 0.15) is 5.56 Å². The molecule has 4 heterocycles. The molecule has 1 amide bonds. The SMILES string of the molecule is C=CC(=O)N1CC(Cc2cnc3[nH]cc(-c4ccncc4)c3c2)C1. The van der Waals surface area contributed by atoms with Crippen molar-refractivity contribution in [1.82, 2.24) is 19.9 Å². The summed E-state index contributed by atoms with van der Waals surface area (Å²) in [6.07, 6.45) is 9.82. The molecule has 0 aliphatic carbocycles. The highest BCUT2D eigenvalue weighted by Crippen LogP contribution is 2.29. The highest BCUT2D eigenvalue weighted by Gasteiger charge is 2.29. The van der Waals surface area contributed by atoms with Gasteiger partial charge in [-0.3, -0.25) is 9.78 Å². The molecule has 0 atom stereocenters.